The molecule has 0 saturated carbocycles. The number of rotatable bonds is 28. The van der Waals surface area contributed by atoms with Gasteiger partial charge in [0, 0.05) is 45.6 Å². The van der Waals surface area contributed by atoms with E-state index < -0.39 is 66.2 Å². The summed E-state index contributed by atoms with van der Waals surface area (Å²) < 4.78 is 12.1. The molecule has 17 heteroatoms. The van der Waals surface area contributed by atoms with Gasteiger partial charge in [0.15, 0.2) is 0 Å². The highest BCUT2D eigenvalue weighted by Crippen LogP contribution is 2.30. The zero-order chi connectivity index (χ0) is 51.5. The molecule has 17 nitrogen and oxygen atoms in total. The van der Waals surface area contributed by atoms with Crippen LogP contribution >= 0.6 is 0 Å². The fraction of sp³-hybridized carbons (Fsp3) is 0.654. The van der Waals surface area contributed by atoms with Crippen molar-refractivity contribution < 1.29 is 38.2 Å². The van der Waals surface area contributed by atoms with E-state index in [0.717, 1.165) is 18.4 Å². The lowest BCUT2D eigenvalue weighted by atomic mass is 9.89. The standard InChI is InChI=1S/C52H85N9O8/c1-13-34(6)46(60(10)52(67)44(32(2)3)58-51(66)45(33(4)5)59(8)9)42(68-11)31-43(62)61-29-19-23-41(61)47(69-12)35(7)48(63)57-40(30-36-20-15-14-16-21-36)50(65)56-38-26-24-37(25-27-38)55-49(64)39(54)22-17-18-28-53/h14-16,20-21,24-27,32-35,39-42,44-47H,13,17-19,22-23,28-31,53-54H2,1-12H3,(H,55,64)(H,56,65)(H,57,63)(H,58,66)/t34-,35+,39-,40?,41-,42+,44-,45-,46-,47+/m0/s1. The number of unbranched alkanes of at least 4 members (excludes halogenated alkanes) is 1. The SMILES string of the molecule is CC[C@H](C)[C@@H]([C@@H](CC(=O)N1CCC[C@H]1[C@H](OC)[C@@H](C)C(=O)NC(Cc1ccccc1)C(=O)Nc1ccc(NC(=O)[C@@H](N)CCCCN)cc1)OC)N(C)C(=O)[C@@H](NC(=O)[C@H](C(C)C)N(C)C)C(C)C. The number of nitrogens with zero attached hydrogens (tertiary/aromatic N) is 3. The van der Waals surface area contributed by atoms with Crippen molar-refractivity contribution in [2.24, 2.45) is 35.1 Å². The first-order valence-electron chi connectivity index (χ1n) is 24.8. The van der Waals surface area contributed by atoms with Gasteiger partial charge in [-0.1, -0.05) is 91.6 Å². The van der Waals surface area contributed by atoms with Crippen molar-refractivity contribution in [2.45, 2.75) is 148 Å². The van der Waals surface area contributed by atoms with Crippen LogP contribution in [0.5, 0.6) is 0 Å². The Bertz CT molecular complexity index is 1930. The summed E-state index contributed by atoms with van der Waals surface area (Å²) in [5, 5.41) is 11.7. The van der Waals surface area contributed by atoms with Gasteiger partial charge < -0.3 is 52.0 Å². The maximum Gasteiger partial charge on any atom is 0.247 e. The van der Waals surface area contributed by atoms with Crippen molar-refractivity contribution in [3.8, 4) is 0 Å². The summed E-state index contributed by atoms with van der Waals surface area (Å²) in [5.41, 5.74) is 13.4. The normalized spacial score (nSPS) is 17.8. The lowest BCUT2D eigenvalue weighted by Gasteiger charge is -2.41. The van der Waals surface area contributed by atoms with Gasteiger partial charge in [0.1, 0.15) is 12.1 Å². The summed E-state index contributed by atoms with van der Waals surface area (Å²) in [4.78, 5) is 88.5. The summed E-state index contributed by atoms with van der Waals surface area (Å²) >= 11 is 0. The third kappa shape index (κ3) is 16.9. The minimum atomic E-state index is -0.972. The van der Waals surface area contributed by atoms with Crippen LogP contribution in [0.15, 0.2) is 54.6 Å². The Balaban J connectivity index is 1.79. The van der Waals surface area contributed by atoms with Gasteiger partial charge in [-0.2, -0.15) is 0 Å². The third-order valence-electron chi connectivity index (χ3n) is 13.6. The van der Waals surface area contributed by atoms with Crippen LogP contribution in [-0.4, -0.2) is 147 Å². The molecule has 2 aromatic rings. The van der Waals surface area contributed by atoms with E-state index in [1.807, 2.05) is 90.9 Å². The van der Waals surface area contributed by atoms with Gasteiger partial charge in [0.25, 0.3) is 0 Å². The number of ether oxygens (including phenoxy) is 2. The van der Waals surface area contributed by atoms with Gasteiger partial charge >= 0.3 is 0 Å². The molecule has 8 N–H and O–H groups in total. The average Bonchev–Trinajstić information content (AvgIpc) is 3.80. The third-order valence-corrected chi connectivity index (χ3v) is 13.6. The number of nitrogens with two attached hydrogens (primary N) is 2. The number of methoxy groups -OCH3 is 2. The van der Waals surface area contributed by atoms with Crippen molar-refractivity contribution in [2.75, 3.05) is 59.1 Å². The largest absolute Gasteiger partial charge is 0.379 e. The molecule has 2 aromatic carbocycles. The van der Waals surface area contributed by atoms with Crippen molar-refractivity contribution in [3.05, 3.63) is 60.2 Å². The first-order valence-corrected chi connectivity index (χ1v) is 24.8. The molecular formula is C52H85N9O8. The molecule has 69 heavy (non-hydrogen) atoms. The summed E-state index contributed by atoms with van der Waals surface area (Å²) in [5.74, 6) is -2.86. The molecule has 0 bridgehead atoms. The van der Waals surface area contributed by atoms with Gasteiger partial charge in [-0.25, -0.2) is 0 Å². The Morgan fingerprint density at radius 2 is 1.39 bits per heavy atom. The molecule has 10 atom stereocenters. The zero-order valence-corrected chi connectivity index (χ0v) is 43.5. The van der Waals surface area contributed by atoms with E-state index in [1.54, 1.807) is 55.1 Å². The number of likely N-dealkylation sites (tertiary alicyclic amines) is 1. The lowest BCUT2D eigenvalue weighted by Crippen LogP contribution is -2.59. The Kier molecular flexibility index (Phi) is 24.2. The topological polar surface area (TPSA) is 231 Å². The van der Waals surface area contributed by atoms with Crippen LogP contribution in [0.2, 0.25) is 0 Å². The molecule has 1 saturated heterocycles. The minimum Gasteiger partial charge on any atom is -0.379 e. The fourth-order valence-electron chi connectivity index (χ4n) is 9.51. The first-order chi connectivity index (χ1) is 32.7. The van der Waals surface area contributed by atoms with Crippen LogP contribution in [0.4, 0.5) is 11.4 Å². The maximum absolute atomic E-state index is 14.5. The van der Waals surface area contributed by atoms with Crippen molar-refractivity contribution in [3.63, 3.8) is 0 Å². The molecule has 6 amide bonds. The Morgan fingerprint density at radius 3 is 1.91 bits per heavy atom. The quantitative estimate of drug-likeness (QED) is 0.0655. The molecule has 3 rings (SSSR count). The number of carbonyl (C=O) groups is 6. The van der Waals surface area contributed by atoms with Crippen molar-refractivity contribution in [1.82, 2.24) is 25.3 Å². The summed E-state index contributed by atoms with van der Waals surface area (Å²) in [7, 11) is 8.48. The van der Waals surface area contributed by atoms with Crippen molar-refractivity contribution in [1.29, 1.82) is 0 Å². The van der Waals surface area contributed by atoms with Gasteiger partial charge in [0.2, 0.25) is 35.4 Å². The van der Waals surface area contributed by atoms with Crippen LogP contribution in [-0.2, 0) is 44.7 Å². The van der Waals surface area contributed by atoms with E-state index in [1.165, 1.54) is 7.11 Å². The predicted molar refractivity (Wildman–Crippen MR) is 272 cm³/mol. The highest BCUT2D eigenvalue weighted by Gasteiger charge is 2.43. The first kappa shape index (κ1) is 58.4. The van der Waals surface area contributed by atoms with E-state index in [0.29, 0.717) is 50.1 Å². The predicted octanol–water partition coefficient (Wildman–Crippen LogP) is 4.39. The Labute approximate surface area is 411 Å². The smallest absolute Gasteiger partial charge is 0.247 e. The molecule has 1 aliphatic heterocycles. The second-order valence-electron chi connectivity index (χ2n) is 19.7. The molecule has 0 spiro atoms. The van der Waals surface area contributed by atoms with Crippen LogP contribution in [0.3, 0.4) is 0 Å². The number of benzene rings is 2. The van der Waals surface area contributed by atoms with Gasteiger partial charge in [-0.05, 0) is 93.9 Å². The molecule has 0 aromatic heterocycles. The number of nitrogens with one attached hydrogen (secondary N) is 4. The number of hydrogen-bond acceptors (Lipinski definition) is 11. The van der Waals surface area contributed by atoms with Gasteiger partial charge in [-0.15, -0.1) is 0 Å². The van der Waals surface area contributed by atoms with E-state index in [4.69, 9.17) is 20.9 Å². The average molecular weight is 964 g/mol. The van der Waals surface area contributed by atoms with E-state index >= 15 is 0 Å². The molecule has 1 unspecified atom stereocenters. The van der Waals surface area contributed by atoms with Crippen LogP contribution < -0.4 is 32.7 Å². The second kappa shape index (κ2) is 28.7. The Hall–Kier alpha value is -4.94. The van der Waals surface area contributed by atoms with E-state index in [9.17, 15) is 28.8 Å². The van der Waals surface area contributed by atoms with E-state index in [-0.39, 0.29) is 54.2 Å². The molecule has 0 aliphatic carbocycles. The molecule has 386 valence electrons. The molecular weight excluding hydrogens is 879 g/mol. The van der Waals surface area contributed by atoms with E-state index in [2.05, 4.69) is 21.3 Å². The molecule has 1 fully saturated rings. The monoisotopic (exact) mass is 964 g/mol. The highest BCUT2D eigenvalue weighted by atomic mass is 16.5. The summed E-state index contributed by atoms with van der Waals surface area (Å²) in [6.07, 6.45) is 2.83. The highest BCUT2D eigenvalue weighted by molar-refractivity contribution is 5.98. The number of likely N-dealkylation sites (N-methyl/N-ethyl adjacent to an activating group) is 2. The van der Waals surface area contributed by atoms with Gasteiger partial charge in [0.05, 0.1) is 48.7 Å². The maximum atomic E-state index is 14.5. The molecule has 1 heterocycles. The van der Waals surface area contributed by atoms with Crippen molar-refractivity contribution >= 4 is 46.8 Å². The summed E-state index contributed by atoms with van der Waals surface area (Å²) in [6.45, 7) is 14.5. The van der Waals surface area contributed by atoms with Crippen LogP contribution in [0.25, 0.3) is 0 Å². The van der Waals surface area contributed by atoms with Gasteiger partial charge in [-0.3, -0.25) is 33.7 Å². The van der Waals surface area contributed by atoms with Crippen LogP contribution in [0, 0.1) is 23.7 Å². The zero-order valence-electron chi connectivity index (χ0n) is 43.5. The molecule has 1 aliphatic rings. The number of hydrogen-bond donors (Lipinski definition) is 6. The second-order valence-corrected chi connectivity index (χ2v) is 19.7. The number of carbonyl (C=O) groups excluding carboxylic acids is 6. The molecule has 0 radical (unpaired) electrons. The summed E-state index contributed by atoms with van der Waals surface area (Å²) in [6, 6.07) is 12.2. The number of amides is 6. The Morgan fingerprint density at radius 1 is 0.783 bits per heavy atom. The van der Waals surface area contributed by atoms with Crippen LogP contribution in [0.1, 0.15) is 99.0 Å². The number of anilines is 2. The minimum absolute atomic E-state index is 0.0206. The fourth-order valence-corrected chi connectivity index (χ4v) is 9.51. The lowest BCUT2D eigenvalue weighted by molar-refractivity contribution is -0.148.